The van der Waals surface area contributed by atoms with E-state index >= 15 is 0 Å². The number of urea groups is 1. The summed E-state index contributed by atoms with van der Waals surface area (Å²) in [6, 6.07) is 10.4. The van der Waals surface area contributed by atoms with Crippen molar-refractivity contribution in [2.75, 3.05) is 30.3 Å². The average Bonchev–Trinajstić information content (AvgIpc) is 2.48. The van der Waals surface area contributed by atoms with Gasteiger partial charge in [-0.05, 0) is 12.0 Å². The van der Waals surface area contributed by atoms with Crippen LogP contribution in [0.2, 0.25) is 0 Å². The van der Waals surface area contributed by atoms with Crippen LogP contribution in [-0.4, -0.2) is 47.3 Å². The summed E-state index contributed by atoms with van der Waals surface area (Å²) in [5, 5.41) is 3.09. The number of benzene rings is 1. The fraction of sp³-hybridized carbons (Fsp3) is 0.500. The van der Waals surface area contributed by atoms with E-state index in [4.69, 9.17) is 0 Å². The van der Waals surface area contributed by atoms with Crippen LogP contribution in [0, 0.1) is 0 Å². The molecule has 0 aromatic heterocycles. The van der Waals surface area contributed by atoms with E-state index in [0.717, 1.165) is 31.0 Å². The molecule has 1 N–H and O–H groups in total. The third-order valence-corrected chi connectivity index (χ3v) is 4.55. The van der Waals surface area contributed by atoms with E-state index in [9.17, 15) is 4.79 Å². The molecule has 1 saturated heterocycles. The van der Waals surface area contributed by atoms with Gasteiger partial charge in [-0.15, -0.1) is 0 Å². The van der Waals surface area contributed by atoms with Crippen molar-refractivity contribution in [2.24, 2.45) is 0 Å². The summed E-state index contributed by atoms with van der Waals surface area (Å²) in [6.07, 6.45) is 0.832. The highest BCUT2D eigenvalue weighted by molar-refractivity contribution is 7.99. The monoisotopic (exact) mass is 296 g/mol. The summed E-state index contributed by atoms with van der Waals surface area (Å²) in [6.45, 7) is 1.70. The lowest BCUT2D eigenvalue weighted by molar-refractivity contribution is 0.200. The first kappa shape index (κ1) is 14.6. The van der Waals surface area contributed by atoms with Crippen molar-refractivity contribution < 1.29 is 4.79 Å². The quantitative estimate of drug-likeness (QED) is 0.836. The smallest absolute Gasteiger partial charge is 0.317 e. The van der Waals surface area contributed by atoms with Crippen molar-refractivity contribution in [1.29, 1.82) is 0 Å². The largest absolute Gasteiger partial charge is 0.334 e. The molecular formula is C14H20N2OS2. The molecular weight excluding hydrogens is 276 g/mol. The second-order valence-electron chi connectivity index (χ2n) is 4.62. The minimum atomic E-state index is 0.0512. The predicted octanol–water partition coefficient (Wildman–Crippen LogP) is 2.29. The van der Waals surface area contributed by atoms with Crippen LogP contribution in [0.5, 0.6) is 0 Å². The molecule has 5 heteroatoms. The molecule has 104 valence electrons. The van der Waals surface area contributed by atoms with Crippen molar-refractivity contribution in [1.82, 2.24) is 10.2 Å². The molecule has 2 rings (SSSR count). The maximum absolute atomic E-state index is 12.1. The van der Waals surface area contributed by atoms with Crippen molar-refractivity contribution in [3.63, 3.8) is 0 Å². The number of hydrogen-bond acceptors (Lipinski definition) is 3. The number of thiol groups is 1. The summed E-state index contributed by atoms with van der Waals surface area (Å²) in [5.41, 5.74) is 1.23. The Morgan fingerprint density at radius 1 is 1.32 bits per heavy atom. The van der Waals surface area contributed by atoms with Gasteiger partial charge in [0.2, 0.25) is 0 Å². The van der Waals surface area contributed by atoms with E-state index in [1.54, 1.807) is 0 Å². The van der Waals surface area contributed by atoms with Gasteiger partial charge in [-0.2, -0.15) is 24.4 Å². The number of nitrogens with zero attached hydrogens (tertiary/aromatic N) is 1. The summed E-state index contributed by atoms with van der Waals surface area (Å²) in [7, 11) is 0. The first-order valence-corrected chi connectivity index (χ1v) is 8.36. The van der Waals surface area contributed by atoms with Gasteiger partial charge in [-0.1, -0.05) is 30.3 Å². The second kappa shape index (κ2) is 7.70. The number of amides is 2. The van der Waals surface area contributed by atoms with Gasteiger partial charge in [0.1, 0.15) is 0 Å². The molecule has 0 saturated carbocycles. The molecule has 0 radical (unpaired) electrons. The Kier molecular flexibility index (Phi) is 5.92. The highest BCUT2D eigenvalue weighted by atomic mass is 32.2. The van der Waals surface area contributed by atoms with Gasteiger partial charge in [0, 0.05) is 36.4 Å². The van der Waals surface area contributed by atoms with Gasteiger partial charge < -0.3 is 10.2 Å². The zero-order chi connectivity index (χ0) is 13.5. The molecule has 0 aliphatic carbocycles. The van der Waals surface area contributed by atoms with Gasteiger partial charge in [0.25, 0.3) is 0 Å². The Bertz CT molecular complexity index is 394. The summed E-state index contributed by atoms with van der Waals surface area (Å²) >= 11 is 6.25. The Hall–Kier alpha value is -0.810. The van der Waals surface area contributed by atoms with E-state index < -0.39 is 0 Å². The number of thioether (sulfide) groups is 1. The van der Waals surface area contributed by atoms with Crippen LogP contribution in [0.15, 0.2) is 30.3 Å². The Balaban J connectivity index is 1.86. The molecule has 1 aliphatic heterocycles. The molecule has 2 amide bonds. The maximum Gasteiger partial charge on any atom is 0.317 e. The van der Waals surface area contributed by atoms with Gasteiger partial charge in [-0.25, -0.2) is 4.79 Å². The summed E-state index contributed by atoms with van der Waals surface area (Å²) in [5.74, 6) is 2.73. The Morgan fingerprint density at radius 3 is 2.63 bits per heavy atom. The molecule has 1 aromatic rings. The van der Waals surface area contributed by atoms with Gasteiger partial charge >= 0.3 is 6.03 Å². The first-order chi connectivity index (χ1) is 9.29. The molecule has 1 aliphatic rings. The fourth-order valence-electron chi connectivity index (χ4n) is 2.09. The minimum absolute atomic E-state index is 0.0512. The molecule has 1 heterocycles. The molecule has 0 bridgehead atoms. The summed E-state index contributed by atoms with van der Waals surface area (Å²) in [4.78, 5) is 14.0. The number of hydrogen-bond donors (Lipinski definition) is 2. The topological polar surface area (TPSA) is 32.3 Å². The lowest BCUT2D eigenvalue weighted by atomic mass is 10.1. The van der Waals surface area contributed by atoms with Crippen molar-refractivity contribution in [2.45, 2.75) is 12.5 Å². The van der Waals surface area contributed by atoms with E-state index in [1.807, 2.05) is 34.9 Å². The fourth-order valence-corrected chi connectivity index (χ4v) is 3.22. The van der Waals surface area contributed by atoms with Crippen LogP contribution in [0.25, 0.3) is 0 Å². The summed E-state index contributed by atoms with van der Waals surface area (Å²) < 4.78 is 0. The van der Waals surface area contributed by atoms with E-state index in [0.29, 0.717) is 5.75 Å². The lowest BCUT2D eigenvalue weighted by Crippen LogP contribution is -2.49. The Morgan fingerprint density at radius 2 is 2.00 bits per heavy atom. The molecule has 3 nitrogen and oxygen atoms in total. The molecule has 1 unspecified atom stereocenters. The van der Waals surface area contributed by atoms with E-state index in [1.165, 1.54) is 5.56 Å². The third-order valence-electron chi connectivity index (χ3n) is 3.17. The minimum Gasteiger partial charge on any atom is -0.334 e. The number of carbonyl (C=O) groups is 1. The Labute approximate surface area is 124 Å². The van der Waals surface area contributed by atoms with Crippen LogP contribution in [0.1, 0.15) is 5.56 Å². The zero-order valence-corrected chi connectivity index (χ0v) is 12.6. The average molecular weight is 296 g/mol. The van der Waals surface area contributed by atoms with Crippen molar-refractivity contribution >= 4 is 30.4 Å². The van der Waals surface area contributed by atoms with Crippen LogP contribution >= 0.6 is 24.4 Å². The number of rotatable bonds is 4. The van der Waals surface area contributed by atoms with Crippen LogP contribution in [0.4, 0.5) is 4.79 Å². The molecule has 19 heavy (non-hydrogen) atoms. The van der Waals surface area contributed by atoms with Crippen LogP contribution < -0.4 is 5.32 Å². The predicted molar refractivity (Wildman–Crippen MR) is 85.2 cm³/mol. The maximum atomic E-state index is 12.1. The standard InChI is InChI=1S/C14H20N2OS2/c17-14(16-6-8-19-9-7-16)15-13(11-18)10-12-4-2-1-3-5-12/h1-5,13,18H,6-11H2,(H,15,17). The second-order valence-corrected chi connectivity index (χ2v) is 6.21. The highest BCUT2D eigenvalue weighted by Gasteiger charge is 2.19. The van der Waals surface area contributed by atoms with Crippen molar-refractivity contribution in [3.05, 3.63) is 35.9 Å². The molecule has 1 atom stereocenters. The normalized spacial score (nSPS) is 17.0. The van der Waals surface area contributed by atoms with E-state index in [-0.39, 0.29) is 12.1 Å². The molecule has 0 spiro atoms. The zero-order valence-electron chi connectivity index (χ0n) is 10.9. The number of carbonyl (C=O) groups excluding carboxylic acids is 1. The van der Waals surface area contributed by atoms with Crippen LogP contribution in [-0.2, 0) is 6.42 Å². The molecule has 1 aromatic carbocycles. The van der Waals surface area contributed by atoms with E-state index in [2.05, 4.69) is 30.1 Å². The number of nitrogens with one attached hydrogen (secondary N) is 1. The first-order valence-electron chi connectivity index (χ1n) is 6.57. The van der Waals surface area contributed by atoms with Crippen LogP contribution in [0.3, 0.4) is 0 Å². The van der Waals surface area contributed by atoms with Crippen molar-refractivity contribution in [3.8, 4) is 0 Å². The van der Waals surface area contributed by atoms with Gasteiger partial charge in [0.05, 0.1) is 0 Å². The van der Waals surface area contributed by atoms with Gasteiger partial charge in [-0.3, -0.25) is 0 Å². The SMILES string of the molecule is O=C(NC(CS)Cc1ccccc1)N1CCSCC1. The van der Waals surface area contributed by atoms with Gasteiger partial charge in [0.15, 0.2) is 0 Å². The lowest BCUT2D eigenvalue weighted by Gasteiger charge is -2.28. The highest BCUT2D eigenvalue weighted by Crippen LogP contribution is 2.10. The third kappa shape index (κ3) is 4.66. The molecule has 1 fully saturated rings.